The highest BCUT2D eigenvalue weighted by atomic mass is 79.9. The third-order valence-electron chi connectivity index (χ3n) is 1.97. The minimum Gasteiger partial charge on any atom is -0.130 e. The van der Waals surface area contributed by atoms with Gasteiger partial charge in [0.25, 0.3) is 0 Å². The van der Waals surface area contributed by atoms with E-state index >= 15 is 0 Å². The van der Waals surface area contributed by atoms with Crippen molar-refractivity contribution in [3.63, 3.8) is 0 Å². The zero-order valence-corrected chi connectivity index (χ0v) is 10.9. The highest BCUT2D eigenvalue weighted by Crippen LogP contribution is 2.29. The first-order chi connectivity index (χ1) is 5.93. The lowest BCUT2D eigenvalue weighted by molar-refractivity contribution is 0.588. The minimum atomic E-state index is 0.230. The summed E-state index contributed by atoms with van der Waals surface area (Å²) in [6.45, 7) is 6.70. The predicted molar refractivity (Wildman–Crippen MR) is 64.6 cm³/mol. The minimum absolute atomic E-state index is 0.230. The van der Waals surface area contributed by atoms with E-state index in [-0.39, 0.29) is 5.41 Å². The Bertz CT molecular complexity index is 299. The van der Waals surface area contributed by atoms with Crippen molar-refractivity contribution < 1.29 is 0 Å². The number of hydrogen-bond donors (Lipinski definition) is 0. The van der Waals surface area contributed by atoms with Gasteiger partial charge in [0.1, 0.15) is 0 Å². The van der Waals surface area contributed by atoms with Crippen molar-refractivity contribution >= 4 is 27.7 Å². The molecule has 0 fully saturated rings. The molecule has 0 saturated carbocycles. The molecule has 13 heavy (non-hydrogen) atoms. The molecule has 0 aliphatic rings. The lowest BCUT2D eigenvalue weighted by Crippen LogP contribution is -2.10. The van der Waals surface area contributed by atoms with Gasteiger partial charge >= 0.3 is 0 Å². The summed E-state index contributed by atoms with van der Waals surface area (Å²) in [6.07, 6.45) is 2.11. The summed E-state index contributed by atoms with van der Waals surface area (Å²) in [5.74, 6) is 0. The number of hydrogen-bond acceptors (Lipinski definition) is 1. The van der Waals surface area contributed by atoms with Gasteiger partial charge in [-0.25, -0.2) is 0 Å². The van der Waals surface area contributed by atoms with E-state index in [9.17, 15) is 0 Å². The average Bonchev–Trinajstić information content (AvgIpc) is 2.01. The van der Waals surface area contributed by atoms with Crippen LogP contribution in [0.15, 0.2) is 27.6 Å². The Morgan fingerprint density at radius 1 is 1.15 bits per heavy atom. The second-order valence-corrected chi connectivity index (χ2v) is 5.93. The smallest absolute Gasteiger partial charge is 0.0189 e. The van der Waals surface area contributed by atoms with Crippen LogP contribution in [-0.2, 0) is 5.41 Å². The largest absolute Gasteiger partial charge is 0.130 e. The van der Waals surface area contributed by atoms with E-state index < -0.39 is 0 Å². The van der Waals surface area contributed by atoms with Crippen molar-refractivity contribution in [2.75, 3.05) is 6.26 Å². The van der Waals surface area contributed by atoms with E-state index in [1.807, 2.05) is 0 Å². The maximum Gasteiger partial charge on any atom is 0.0189 e. The maximum absolute atomic E-state index is 3.53. The van der Waals surface area contributed by atoms with Crippen LogP contribution < -0.4 is 0 Å². The third kappa shape index (κ3) is 3.03. The molecule has 0 aromatic heterocycles. The molecule has 1 rings (SSSR count). The monoisotopic (exact) mass is 258 g/mol. The van der Waals surface area contributed by atoms with E-state index in [4.69, 9.17) is 0 Å². The Morgan fingerprint density at radius 2 is 1.77 bits per heavy atom. The molecule has 0 aliphatic carbocycles. The van der Waals surface area contributed by atoms with Crippen LogP contribution in [0.3, 0.4) is 0 Å². The van der Waals surface area contributed by atoms with Crippen LogP contribution in [0.25, 0.3) is 0 Å². The number of halogens is 1. The quantitative estimate of drug-likeness (QED) is 0.670. The summed E-state index contributed by atoms with van der Waals surface area (Å²) in [4.78, 5) is 1.32. The molecule has 1 aromatic rings. The van der Waals surface area contributed by atoms with Gasteiger partial charge in [-0.15, -0.1) is 11.8 Å². The summed E-state index contributed by atoms with van der Waals surface area (Å²) >= 11 is 5.32. The molecule has 0 nitrogen and oxygen atoms in total. The lowest BCUT2D eigenvalue weighted by Gasteiger charge is -2.20. The molecule has 0 amide bonds. The first-order valence-electron chi connectivity index (χ1n) is 4.28. The molecule has 0 spiro atoms. The Labute approximate surface area is 93.2 Å². The van der Waals surface area contributed by atoms with Gasteiger partial charge in [0.05, 0.1) is 0 Å². The Hall–Kier alpha value is 0.0500. The van der Waals surface area contributed by atoms with Crippen LogP contribution in [0.1, 0.15) is 26.3 Å². The Kier molecular flexibility index (Phi) is 3.47. The molecule has 72 valence electrons. The van der Waals surface area contributed by atoms with E-state index in [1.54, 1.807) is 11.8 Å². The second kappa shape index (κ2) is 4.05. The van der Waals surface area contributed by atoms with Crippen LogP contribution in [-0.4, -0.2) is 6.26 Å². The molecule has 0 saturated heterocycles. The predicted octanol–water partition coefficient (Wildman–Crippen LogP) is 4.47. The summed E-state index contributed by atoms with van der Waals surface area (Å²) < 4.78 is 1.17. The Morgan fingerprint density at radius 3 is 2.23 bits per heavy atom. The standard InChI is InChI=1S/C11H15BrS/c1-11(2,3)8-5-9(12)7-10(6-8)13-4/h5-7H,1-4H3. The van der Waals surface area contributed by atoms with Crippen LogP contribution in [0.4, 0.5) is 0 Å². The summed E-state index contributed by atoms with van der Waals surface area (Å²) in [7, 11) is 0. The molecule has 0 unspecified atom stereocenters. The van der Waals surface area contributed by atoms with Crippen molar-refractivity contribution in [2.24, 2.45) is 0 Å². The zero-order chi connectivity index (χ0) is 10.1. The van der Waals surface area contributed by atoms with Crippen molar-refractivity contribution in [1.29, 1.82) is 0 Å². The first-order valence-corrected chi connectivity index (χ1v) is 6.30. The fraction of sp³-hybridized carbons (Fsp3) is 0.455. The normalized spacial score (nSPS) is 11.8. The fourth-order valence-electron chi connectivity index (χ4n) is 1.11. The molecule has 0 N–H and O–H groups in total. The number of rotatable bonds is 1. The van der Waals surface area contributed by atoms with Gasteiger partial charge in [-0.2, -0.15) is 0 Å². The van der Waals surface area contributed by atoms with Gasteiger partial charge in [0.15, 0.2) is 0 Å². The zero-order valence-electron chi connectivity index (χ0n) is 8.52. The summed E-state index contributed by atoms with van der Waals surface area (Å²) in [5.41, 5.74) is 1.61. The lowest BCUT2D eigenvalue weighted by atomic mass is 9.87. The average molecular weight is 259 g/mol. The molecule has 0 aliphatic heterocycles. The van der Waals surface area contributed by atoms with Crippen LogP contribution in [0.5, 0.6) is 0 Å². The van der Waals surface area contributed by atoms with E-state index in [1.165, 1.54) is 14.9 Å². The SMILES string of the molecule is CSc1cc(Br)cc(C(C)(C)C)c1. The van der Waals surface area contributed by atoms with Crippen molar-refractivity contribution in [3.8, 4) is 0 Å². The highest BCUT2D eigenvalue weighted by Gasteiger charge is 2.14. The topological polar surface area (TPSA) is 0 Å². The molecule has 0 bridgehead atoms. The van der Waals surface area contributed by atoms with Crippen LogP contribution >= 0.6 is 27.7 Å². The van der Waals surface area contributed by atoms with E-state index in [0.29, 0.717) is 0 Å². The number of benzene rings is 1. The molecule has 1 aromatic carbocycles. The van der Waals surface area contributed by atoms with E-state index in [0.717, 1.165) is 0 Å². The van der Waals surface area contributed by atoms with Gasteiger partial charge in [-0.05, 0) is 35.4 Å². The van der Waals surface area contributed by atoms with Crippen LogP contribution in [0.2, 0.25) is 0 Å². The highest BCUT2D eigenvalue weighted by molar-refractivity contribution is 9.10. The summed E-state index contributed by atoms with van der Waals surface area (Å²) in [6, 6.07) is 6.61. The number of thioether (sulfide) groups is 1. The van der Waals surface area contributed by atoms with Gasteiger partial charge in [-0.1, -0.05) is 36.7 Å². The van der Waals surface area contributed by atoms with Crippen LogP contribution in [0, 0.1) is 0 Å². The molecule has 0 heterocycles. The fourth-order valence-corrected chi connectivity index (χ4v) is 2.25. The molecule has 0 atom stereocenters. The van der Waals surface area contributed by atoms with Gasteiger partial charge in [0, 0.05) is 9.37 Å². The van der Waals surface area contributed by atoms with Crippen molar-refractivity contribution in [1.82, 2.24) is 0 Å². The first kappa shape index (κ1) is 11.1. The summed E-state index contributed by atoms with van der Waals surface area (Å²) in [5, 5.41) is 0. The molecular formula is C11H15BrS. The third-order valence-corrected chi connectivity index (χ3v) is 3.14. The maximum atomic E-state index is 3.53. The van der Waals surface area contributed by atoms with Gasteiger partial charge in [-0.3, -0.25) is 0 Å². The van der Waals surface area contributed by atoms with Gasteiger partial charge < -0.3 is 0 Å². The molecule has 2 heteroatoms. The van der Waals surface area contributed by atoms with Crippen molar-refractivity contribution in [2.45, 2.75) is 31.1 Å². The van der Waals surface area contributed by atoms with Crippen molar-refractivity contribution in [3.05, 3.63) is 28.2 Å². The van der Waals surface area contributed by atoms with Gasteiger partial charge in [0.2, 0.25) is 0 Å². The molecule has 0 radical (unpaired) electrons. The molecular weight excluding hydrogens is 244 g/mol. The second-order valence-electron chi connectivity index (χ2n) is 4.13. The van der Waals surface area contributed by atoms with E-state index in [2.05, 4.69) is 61.2 Å². The Balaban J connectivity index is 3.16.